The average Bonchev–Trinajstić information content (AvgIpc) is 3.66. The molecule has 0 N–H and O–H groups in total. The van der Waals surface area contributed by atoms with Gasteiger partial charge in [-0.05, 0) is 131 Å². The molecule has 0 saturated carbocycles. The van der Waals surface area contributed by atoms with E-state index in [4.69, 9.17) is 11.3 Å². The van der Waals surface area contributed by atoms with E-state index in [0.717, 1.165) is 43.8 Å². The molecule has 0 bridgehead atoms. The van der Waals surface area contributed by atoms with Gasteiger partial charge in [0.05, 0.1) is 5.58 Å². The van der Waals surface area contributed by atoms with Gasteiger partial charge in [-0.2, -0.15) is 0 Å². The van der Waals surface area contributed by atoms with Crippen LogP contribution in [0.4, 0.5) is 0 Å². The summed E-state index contributed by atoms with van der Waals surface area (Å²) in [4.78, 5) is 9.05. The first kappa shape index (κ1) is 39.9. The summed E-state index contributed by atoms with van der Waals surface area (Å²) in [7, 11) is 0. The van der Waals surface area contributed by atoms with Crippen LogP contribution in [-0.2, 0) is 42.7 Å². The molecule has 0 fully saturated rings. The van der Waals surface area contributed by atoms with Gasteiger partial charge < -0.3 is 14.4 Å². The van der Waals surface area contributed by atoms with Gasteiger partial charge in [-0.1, -0.05) is 154 Å². The number of nitrogens with zero attached hydrogens (tertiary/aromatic N) is 2. The molecule has 0 atom stereocenters. The van der Waals surface area contributed by atoms with Crippen molar-refractivity contribution in [3.8, 4) is 33.6 Å². The first-order valence-corrected chi connectivity index (χ1v) is 22.5. The van der Waals surface area contributed by atoms with Crippen molar-refractivity contribution in [2.45, 2.75) is 113 Å². The van der Waals surface area contributed by atoms with Crippen LogP contribution in [-0.4, -0.2) is 9.97 Å². The molecule has 10 rings (SSSR count). The number of hydrogen-bond donors (Lipinski definition) is 0. The summed E-state index contributed by atoms with van der Waals surface area (Å²) in [6, 6.07) is 46.4. The molecular weight excluding hydrogens is 969 g/mol. The summed E-state index contributed by atoms with van der Waals surface area (Å²) in [5.74, 6) is 0. The van der Waals surface area contributed by atoms with Crippen LogP contribution < -0.4 is 0 Å². The Morgan fingerprint density at radius 2 is 1.32 bits per heavy atom. The second-order valence-corrected chi connectivity index (χ2v) is 21.3. The Hall–Kier alpha value is -5.41. The number of aromatic nitrogens is 2. The number of benzene rings is 6. The molecule has 65 heavy (non-hydrogen) atoms. The number of fused-ring (bicyclic) bond motifs is 9. The third-order valence-electron chi connectivity index (χ3n) is 14.5. The van der Waals surface area contributed by atoms with Crippen LogP contribution in [0, 0.1) is 29.8 Å². The molecule has 333 valence electrons. The number of hydrogen-bond acceptors (Lipinski definition) is 3. The molecule has 1 aliphatic carbocycles. The number of aryl methyl sites for hydroxylation is 1. The normalized spacial score (nSPS) is 16.7. The number of pyridine rings is 2. The van der Waals surface area contributed by atoms with E-state index >= 15 is 0 Å². The zero-order valence-electron chi connectivity index (χ0n) is 44.8. The molecule has 1 aliphatic rings. The van der Waals surface area contributed by atoms with Gasteiger partial charge in [0.2, 0.25) is 0 Å². The van der Waals surface area contributed by atoms with Crippen molar-refractivity contribution in [1.82, 2.24) is 9.97 Å². The maximum atomic E-state index is 9.02. The van der Waals surface area contributed by atoms with Crippen molar-refractivity contribution >= 4 is 43.5 Å². The molecule has 3 aromatic heterocycles. The molecule has 3 heterocycles. The quantitative estimate of drug-likeness (QED) is 0.131. The zero-order chi connectivity index (χ0) is 49.9. The van der Waals surface area contributed by atoms with Crippen molar-refractivity contribution in [1.29, 1.82) is 0 Å². The molecule has 4 heteroatoms. The molecule has 1 radical (unpaired) electrons. The Kier molecular flexibility index (Phi) is 10.1. The van der Waals surface area contributed by atoms with Gasteiger partial charge in [-0.25, -0.2) is 0 Å². The fourth-order valence-electron chi connectivity index (χ4n) is 9.64. The first-order chi connectivity index (χ1) is 32.1. The molecule has 0 aliphatic heterocycles. The van der Waals surface area contributed by atoms with Gasteiger partial charge in [0, 0.05) is 44.7 Å². The molecular formula is C61H62IrN2O-2. The van der Waals surface area contributed by atoms with E-state index in [0.29, 0.717) is 16.8 Å². The smallest absolute Gasteiger partial charge is 0.121 e. The van der Waals surface area contributed by atoms with Gasteiger partial charge in [0.25, 0.3) is 0 Å². The summed E-state index contributed by atoms with van der Waals surface area (Å²) >= 11 is 0. The van der Waals surface area contributed by atoms with E-state index < -0.39 is 18.6 Å². The van der Waals surface area contributed by atoms with E-state index in [9.17, 15) is 0 Å². The molecule has 9 aromatic rings. The predicted octanol–water partition coefficient (Wildman–Crippen LogP) is 16.8. The minimum Gasteiger partial charge on any atom is -0.501 e. The Balaban J connectivity index is 0.000000329. The Bertz CT molecular complexity index is 3440. The van der Waals surface area contributed by atoms with E-state index in [1.54, 1.807) is 26.8 Å². The van der Waals surface area contributed by atoms with Crippen LogP contribution in [0.5, 0.6) is 0 Å². The maximum Gasteiger partial charge on any atom is 0.121 e. The fourth-order valence-corrected chi connectivity index (χ4v) is 9.64. The largest absolute Gasteiger partial charge is 0.501 e. The van der Waals surface area contributed by atoms with Gasteiger partial charge >= 0.3 is 0 Å². The predicted molar refractivity (Wildman–Crippen MR) is 271 cm³/mol. The van der Waals surface area contributed by atoms with Crippen LogP contribution in [0.1, 0.15) is 118 Å². The van der Waals surface area contributed by atoms with Gasteiger partial charge in [0.15, 0.2) is 0 Å². The Morgan fingerprint density at radius 1 is 0.631 bits per heavy atom. The van der Waals surface area contributed by atoms with Crippen molar-refractivity contribution in [3.05, 3.63) is 168 Å². The van der Waals surface area contributed by atoms with E-state index in [2.05, 4.69) is 157 Å². The van der Waals surface area contributed by atoms with E-state index in [1.165, 1.54) is 39.4 Å². The topological polar surface area (TPSA) is 38.9 Å². The minimum atomic E-state index is -2.53. The molecule has 0 unspecified atom stereocenters. The molecule has 0 saturated heterocycles. The monoisotopic (exact) mass is 1040 g/mol. The second-order valence-electron chi connectivity index (χ2n) is 21.3. The maximum absolute atomic E-state index is 9.02. The van der Waals surface area contributed by atoms with Crippen molar-refractivity contribution in [2.75, 3.05) is 0 Å². The minimum absolute atomic E-state index is 0. The summed E-state index contributed by atoms with van der Waals surface area (Å²) < 4.78 is 49.2. The summed E-state index contributed by atoms with van der Waals surface area (Å²) in [5.41, 5.74) is 9.84. The summed E-state index contributed by atoms with van der Waals surface area (Å²) in [5, 5.41) is 6.39. The molecule has 3 nitrogen and oxygen atoms in total. The zero-order valence-corrected chi connectivity index (χ0v) is 42.2. The van der Waals surface area contributed by atoms with Gasteiger partial charge in [0.1, 0.15) is 5.58 Å². The van der Waals surface area contributed by atoms with Crippen LogP contribution in [0.25, 0.3) is 77.1 Å². The van der Waals surface area contributed by atoms with Crippen LogP contribution in [0.15, 0.2) is 132 Å². The van der Waals surface area contributed by atoms with E-state index in [-0.39, 0.29) is 52.9 Å². The Morgan fingerprint density at radius 3 is 2.00 bits per heavy atom. The second kappa shape index (κ2) is 16.5. The summed E-state index contributed by atoms with van der Waals surface area (Å²) in [6.45, 7) is 23.7. The summed E-state index contributed by atoms with van der Waals surface area (Å²) in [6.07, 6.45) is 1.30. The van der Waals surface area contributed by atoms with Crippen molar-refractivity contribution < 1.29 is 31.4 Å². The van der Waals surface area contributed by atoms with Gasteiger partial charge in [-0.15, -0.1) is 54.1 Å². The van der Waals surface area contributed by atoms with E-state index in [1.807, 2.05) is 42.6 Å². The molecule has 0 spiro atoms. The van der Waals surface area contributed by atoms with Crippen molar-refractivity contribution in [3.63, 3.8) is 0 Å². The number of rotatable bonds is 3. The fraction of sp³-hybridized carbons (Fsp3) is 0.311. The van der Waals surface area contributed by atoms with Crippen LogP contribution >= 0.6 is 0 Å². The standard InChI is InChI=1S/C46H46NO.C15H16N.Ir/c1-27-26-47-40(22-30(27)25-43(2,3)4)33-16-13-15-32-37-20-28-18-19-29-21-39-36(23-34(29)35(28)24-41(37)48-42(32)33)31-14-11-12-17-38(31)44(5,6)46(9,10)45(39,7)8;1-15(2,3)13-9-10-14(16-11-13)12-7-5-4-6-8-12;/h11-15,17-24,26H,25H2,1-10H3;4-7,9-11H,1-3H3;/q2*-1;/i1D3,25D2;;. The van der Waals surface area contributed by atoms with Crippen LogP contribution in [0.2, 0.25) is 0 Å². The molecule has 0 amide bonds. The third-order valence-corrected chi connectivity index (χ3v) is 14.5. The molecule has 6 aromatic carbocycles. The van der Waals surface area contributed by atoms with Crippen molar-refractivity contribution in [2.24, 2.45) is 10.8 Å². The average molecular weight is 1040 g/mol. The SMILES string of the molecule is CC(C)(C)c1ccc(-c2[c-]cccc2)nc1.[2H]C([2H])([2H])c1cnc(-c2[c-]ccc3c2oc2cc4c(ccc5cc6c(cc54)-c4ccccc4C(C)(C)C(C)(C)C6(C)C)cc23)cc1C([2H])([2H])C(C)(C)C.[Ir]. The van der Waals surface area contributed by atoms with Crippen LogP contribution in [0.3, 0.4) is 0 Å². The Labute approximate surface area is 407 Å². The van der Waals surface area contributed by atoms with Gasteiger partial charge in [-0.3, -0.25) is 0 Å². The number of furan rings is 1. The first-order valence-electron chi connectivity index (χ1n) is 25.0. The third kappa shape index (κ3) is 8.06.